The molecule has 2 aromatic rings. The van der Waals surface area contributed by atoms with Crippen molar-refractivity contribution in [1.29, 1.82) is 0 Å². The highest BCUT2D eigenvalue weighted by Gasteiger charge is 2.27. The molecule has 0 bridgehead atoms. The molecule has 1 aliphatic carbocycles. The molecule has 0 unspecified atom stereocenters. The summed E-state index contributed by atoms with van der Waals surface area (Å²) in [6.45, 7) is 6.72. The van der Waals surface area contributed by atoms with Crippen LogP contribution < -0.4 is 0 Å². The van der Waals surface area contributed by atoms with E-state index >= 15 is 0 Å². The number of nitrogens with zero attached hydrogens (tertiary/aromatic N) is 2. The molecule has 1 fully saturated rings. The van der Waals surface area contributed by atoms with Gasteiger partial charge in [-0.25, -0.2) is 4.98 Å². The Kier molecular flexibility index (Phi) is 2.77. The van der Waals surface area contributed by atoms with Gasteiger partial charge in [-0.3, -0.25) is 4.40 Å². The van der Waals surface area contributed by atoms with Gasteiger partial charge < -0.3 is 0 Å². The van der Waals surface area contributed by atoms with E-state index in [1.807, 2.05) is 0 Å². The van der Waals surface area contributed by atoms with Crippen LogP contribution in [0, 0.1) is 0 Å². The van der Waals surface area contributed by atoms with Crippen LogP contribution in [0.25, 0.3) is 5.65 Å². The Hall–Kier alpha value is -0.830. The summed E-state index contributed by atoms with van der Waals surface area (Å²) < 4.78 is 3.25. The summed E-state index contributed by atoms with van der Waals surface area (Å²) in [5, 5.41) is 0. The quantitative estimate of drug-likeness (QED) is 0.806. The average molecular weight is 307 g/mol. The molecule has 0 saturated heterocycles. The Bertz CT molecular complexity index is 594. The zero-order chi connectivity index (χ0) is 12.9. The van der Waals surface area contributed by atoms with Gasteiger partial charge in [-0.1, -0.05) is 20.8 Å². The van der Waals surface area contributed by atoms with Crippen LogP contribution in [0.3, 0.4) is 0 Å². The minimum atomic E-state index is 0.116. The van der Waals surface area contributed by atoms with Crippen molar-refractivity contribution in [1.82, 2.24) is 9.38 Å². The zero-order valence-corrected chi connectivity index (χ0v) is 12.8. The van der Waals surface area contributed by atoms with Crippen molar-refractivity contribution < 1.29 is 0 Å². The molecule has 3 heteroatoms. The van der Waals surface area contributed by atoms with Gasteiger partial charge in [0.05, 0.1) is 5.69 Å². The van der Waals surface area contributed by atoms with Gasteiger partial charge in [-0.15, -0.1) is 0 Å². The average Bonchev–Trinajstić information content (AvgIpc) is 3.14. The topological polar surface area (TPSA) is 17.3 Å². The fraction of sp³-hybridized carbons (Fsp3) is 0.533. The molecule has 0 atom stereocenters. The fourth-order valence-corrected chi connectivity index (χ4v) is 3.22. The van der Waals surface area contributed by atoms with Crippen LogP contribution in [-0.4, -0.2) is 9.38 Å². The van der Waals surface area contributed by atoms with Crippen molar-refractivity contribution >= 4 is 21.6 Å². The molecular weight excluding hydrogens is 288 g/mol. The van der Waals surface area contributed by atoms with E-state index in [2.05, 4.69) is 59.4 Å². The molecule has 2 nitrogen and oxygen atoms in total. The van der Waals surface area contributed by atoms with E-state index in [4.69, 9.17) is 4.98 Å². The Labute approximate surface area is 117 Å². The third-order valence-electron chi connectivity index (χ3n) is 4.17. The summed E-state index contributed by atoms with van der Waals surface area (Å²) in [4.78, 5) is 4.84. The Morgan fingerprint density at radius 3 is 2.78 bits per heavy atom. The van der Waals surface area contributed by atoms with Gasteiger partial charge in [-0.05, 0) is 58.8 Å². The fourth-order valence-electron chi connectivity index (χ4n) is 2.30. The maximum absolute atomic E-state index is 4.84. The minimum absolute atomic E-state index is 0.116. The maximum atomic E-state index is 4.84. The first-order chi connectivity index (χ1) is 8.53. The highest BCUT2D eigenvalue weighted by molar-refractivity contribution is 9.10. The van der Waals surface area contributed by atoms with E-state index in [0.717, 1.165) is 28.3 Å². The molecule has 3 rings (SSSR count). The number of halogens is 1. The summed E-state index contributed by atoms with van der Waals surface area (Å²) in [6.07, 6.45) is 5.91. The number of hydrogen-bond donors (Lipinski definition) is 0. The lowest BCUT2D eigenvalue weighted by molar-refractivity contribution is 0.490. The van der Waals surface area contributed by atoms with E-state index in [1.54, 1.807) is 0 Å². The molecule has 2 heterocycles. The van der Waals surface area contributed by atoms with Crippen molar-refractivity contribution in [3.8, 4) is 0 Å². The number of aromatic nitrogens is 2. The molecule has 18 heavy (non-hydrogen) atoms. The van der Waals surface area contributed by atoms with Gasteiger partial charge in [-0.2, -0.15) is 0 Å². The van der Waals surface area contributed by atoms with E-state index in [1.165, 1.54) is 18.4 Å². The number of rotatable bonds is 3. The third kappa shape index (κ3) is 1.89. The van der Waals surface area contributed by atoms with Crippen LogP contribution in [0.5, 0.6) is 0 Å². The second kappa shape index (κ2) is 4.09. The van der Waals surface area contributed by atoms with E-state index in [-0.39, 0.29) is 5.41 Å². The normalized spacial score (nSPS) is 16.4. The summed E-state index contributed by atoms with van der Waals surface area (Å²) in [5.74, 6) is 0.785. The lowest BCUT2D eigenvalue weighted by atomic mass is 9.87. The lowest BCUT2D eigenvalue weighted by Gasteiger charge is -2.20. The van der Waals surface area contributed by atoms with Crippen molar-refractivity contribution in [2.75, 3.05) is 0 Å². The van der Waals surface area contributed by atoms with E-state index in [9.17, 15) is 0 Å². The number of hydrogen-bond acceptors (Lipinski definition) is 1. The van der Waals surface area contributed by atoms with Crippen LogP contribution in [-0.2, 0) is 5.41 Å². The Balaban J connectivity index is 2.14. The van der Waals surface area contributed by atoms with Gasteiger partial charge in [0.2, 0.25) is 0 Å². The highest BCUT2D eigenvalue weighted by atomic mass is 79.9. The van der Waals surface area contributed by atoms with Crippen LogP contribution >= 0.6 is 15.9 Å². The standard InChI is InChI=1S/C15H19BrN2/c1-4-15(2,3)13-14(16)18-8-7-11(10-5-6-10)9-12(18)17-13/h7-10H,4-6H2,1-3H3. The van der Waals surface area contributed by atoms with Crippen molar-refractivity contribution in [3.63, 3.8) is 0 Å². The monoisotopic (exact) mass is 306 g/mol. The Morgan fingerprint density at radius 2 is 2.17 bits per heavy atom. The van der Waals surface area contributed by atoms with Gasteiger partial charge >= 0.3 is 0 Å². The number of pyridine rings is 1. The lowest BCUT2D eigenvalue weighted by Crippen LogP contribution is -2.16. The smallest absolute Gasteiger partial charge is 0.138 e. The predicted molar refractivity (Wildman–Crippen MR) is 78.2 cm³/mol. The van der Waals surface area contributed by atoms with Gasteiger partial charge in [0.1, 0.15) is 10.3 Å². The minimum Gasteiger partial charge on any atom is -0.294 e. The molecule has 2 aromatic heterocycles. The van der Waals surface area contributed by atoms with E-state index in [0.29, 0.717) is 0 Å². The molecule has 0 amide bonds. The van der Waals surface area contributed by atoms with Gasteiger partial charge in [0, 0.05) is 11.6 Å². The largest absolute Gasteiger partial charge is 0.294 e. The molecule has 1 aliphatic rings. The van der Waals surface area contributed by atoms with E-state index < -0.39 is 0 Å². The van der Waals surface area contributed by atoms with Crippen LogP contribution in [0.2, 0.25) is 0 Å². The second-order valence-electron chi connectivity index (χ2n) is 5.95. The van der Waals surface area contributed by atoms with Crippen LogP contribution in [0.1, 0.15) is 57.2 Å². The maximum Gasteiger partial charge on any atom is 0.138 e. The van der Waals surface area contributed by atoms with Crippen molar-refractivity contribution in [2.24, 2.45) is 0 Å². The third-order valence-corrected chi connectivity index (χ3v) is 4.92. The molecule has 0 spiro atoms. The second-order valence-corrected chi connectivity index (χ2v) is 6.70. The summed E-state index contributed by atoms with van der Waals surface area (Å²) in [5.41, 5.74) is 3.80. The number of imidazole rings is 1. The van der Waals surface area contributed by atoms with Crippen molar-refractivity contribution in [2.45, 2.75) is 51.4 Å². The molecule has 0 radical (unpaired) electrons. The summed E-state index contributed by atoms with van der Waals surface area (Å²) in [7, 11) is 0. The summed E-state index contributed by atoms with van der Waals surface area (Å²) >= 11 is 3.71. The van der Waals surface area contributed by atoms with Gasteiger partial charge in [0.25, 0.3) is 0 Å². The van der Waals surface area contributed by atoms with Crippen molar-refractivity contribution in [3.05, 3.63) is 34.2 Å². The van der Waals surface area contributed by atoms with Gasteiger partial charge in [0.15, 0.2) is 0 Å². The Morgan fingerprint density at radius 1 is 1.44 bits per heavy atom. The first-order valence-electron chi connectivity index (χ1n) is 6.71. The highest BCUT2D eigenvalue weighted by Crippen LogP contribution is 2.41. The zero-order valence-electron chi connectivity index (χ0n) is 11.2. The molecule has 0 N–H and O–H groups in total. The molecule has 0 aromatic carbocycles. The molecule has 96 valence electrons. The van der Waals surface area contributed by atoms with Crippen LogP contribution in [0.15, 0.2) is 22.9 Å². The molecule has 1 saturated carbocycles. The molecular formula is C15H19BrN2. The first-order valence-corrected chi connectivity index (χ1v) is 7.50. The first kappa shape index (κ1) is 12.2. The van der Waals surface area contributed by atoms with Crippen LogP contribution in [0.4, 0.5) is 0 Å². The molecule has 0 aliphatic heterocycles. The predicted octanol–water partition coefficient (Wildman–Crippen LogP) is 4.66. The SMILES string of the molecule is CCC(C)(C)c1nc2cc(C3CC3)ccn2c1Br. The summed E-state index contributed by atoms with van der Waals surface area (Å²) in [6, 6.07) is 4.48. The number of fused-ring (bicyclic) bond motifs is 1.